The fourth-order valence-electron chi connectivity index (χ4n) is 1.76. The van der Waals surface area contributed by atoms with E-state index in [1.54, 1.807) is 43.8 Å². The van der Waals surface area contributed by atoms with Crippen molar-refractivity contribution in [1.82, 2.24) is 26.3 Å². The second kappa shape index (κ2) is 14.6. The summed E-state index contributed by atoms with van der Waals surface area (Å²) in [4.78, 5) is 12.1. The Bertz CT molecular complexity index is 634. The van der Waals surface area contributed by atoms with E-state index in [1.807, 2.05) is 12.4 Å². The minimum atomic E-state index is 0.462. The third-order valence-corrected chi connectivity index (χ3v) is 4.87. The van der Waals surface area contributed by atoms with Gasteiger partial charge >= 0.3 is 0 Å². The zero-order valence-corrected chi connectivity index (χ0v) is 16.9. The molecular weight excluding hydrogens is 386 g/mol. The minimum absolute atomic E-state index is 0.462. The maximum atomic E-state index is 8.54. The van der Waals surface area contributed by atoms with Gasteiger partial charge in [-0.25, -0.2) is 4.98 Å². The second-order valence-corrected chi connectivity index (χ2v) is 7.01. The van der Waals surface area contributed by atoms with Crippen LogP contribution in [0, 0.1) is 22.9 Å². The molecule has 0 aliphatic heterocycles. The number of rotatable bonds is 10. The summed E-state index contributed by atoms with van der Waals surface area (Å²) in [5.74, 6) is 5.58. The lowest BCUT2D eigenvalue weighted by molar-refractivity contribution is 0.487. The predicted octanol–water partition coefficient (Wildman–Crippen LogP) is 0.433. The van der Waals surface area contributed by atoms with Gasteiger partial charge in [-0.05, 0) is 0 Å². The van der Waals surface area contributed by atoms with Crippen molar-refractivity contribution in [3.05, 3.63) is 17.8 Å². The Balaban J connectivity index is 2.13. The van der Waals surface area contributed by atoms with Gasteiger partial charge < -0.3 is 15.1 Å². The summed E-state index contributed by atoms with van der Waals surface area (Å²) in [7, 11) is 3.23. The Kier molecular flexibility index (Phi) is 12.1. The van der Waals surface area contributed by atoms with E-state index in [4.69, 9.17) is 14.9 Å². The van der Waals surface area contributed by atoms with Gasteiger partial charge in [-0.1, -0.05) is 0 Å². The van der Waals surface area contributed by atoms with Gasteiger partial charge in [-0.3, -0.25) is 20.6 Å². The van der Waals surface area contributed by atoms with Crippen LogP contribution in [0.1, 0.15) is 11.7 Å². The number of hydrogen-bond donors (Lipinski definition) is 4. The van der Waals surface area contributed by atoms with Gasteiger partial charge in [-0.15, -0.1) is 0 Å². The van der Waals surface area contributed by atoms with Gasteiger partial charge in [-0.2, -0.15) is 34.0 Å². The van der Waals surface area contributed by atoms with Crippen molar-refractivity contribution in [2.75, 3.05) is 38.7 Å². The molecule has 1 aromatic heterocycles. The summed E-state index contributed by atoms with van der Waals surface area (Å²) in [6, 6.07) is 0. The SMILES string of the molecule is CN=C(NC#N)NCCSCc1cnc(CSCCNC(=NC)NC#N)o1. The summed E-state index contributed by atoms with van der Waals surface area (Å²) in [5, 5.41) is 28.1. The molecule has 27 heavy (non-hydrogen) atoms. The predicted molar refractivity (Wildman–Crippen MR) is 109 cm³/mol. The number of thioether (sulfide) groups is 2. The van der Waals surface area contributed by atoms with Crippen LogP contribution >= 0.6 is 23.5 Å². The zero-order valence-electron chi connectivity index (χ0n) is 15.3. The van der Waals surface area contributed by atoms with E-state index < -0.39 is 0 Å². The highest BCUT2D eigenvalue weighted by Crippen LogP contribution is 2.16. The van der Waals surface area contributed by atoms with Crippen LogP contribution in [0.3, 0.4) is 0 Å². The van der Waals surface area contributed by atoms with Crippen molar-refractivity contribution in [3.63, 3.8) is 0 Å². The lowest BCUT2D eigenvalue weighted by Crippen LogP contribution is -2.35. The molecule has 1 heterocycles. The molecule has 0 aliphatic carbocycles. The van der Waals surface area contributed by atoms with Gasteiger partial charge in [0.1, 0.15) is 5.76 Å². The van der Waals surface area contributed by atoms with E-state index >= 15 is 0 Å². The van der Waals surface area contributed by atoms with Crippen molar-refractivity contribution in [3.8, 4) is 12.4 Å². The Hall–Kier alpha value is -2.57. The molecule has 1 aromatic rings. The van der Waals surface area contributed by atoms with E-state index in [9.17, 15) is 0 Å². The largest absolute Gasteiger partial charge is 0.444 e. The monoisotopic (exact) mass is 409 g/mol. The van der Waals surface area contributed by atoms with Gasteiger partial charge in [0.05, 0.1) is 17.7 Å². The van der Waals surface area contributed by atoms with E-state index in [0.717, 1.165) is 23.0 Å². The summed E-state index contributed by atoms with van der Waals surface area (Å²) in [5.41, 5.74) is 0. The molecule has 146 valence electrons. The van der Waals surface area contributed by atoms with Crippen LogP contribution in [0.5, 0.6) is 0 Å². The molecule has 0 radical (unpaired) electrons. The molecule has 0 spiro atoms. The molecule has 1 rings (SSSR count). The van der Waals surface area contributed by atoms with Gasteiger partial charge in [0.25, 0.3) is 0 Å². The summed E-state index contributed by atoms with van der Waals surface area (Å²) in [6.45, 7) is 1.38. The normalized spacial score (nSPS) is 11.4. The number of hydrogen-bond acceptors (Lipinski definition) is 8. The van der Waals surface area contributed by atoms with Crippen LogP contribution in [0.25, 0.3) is 0 Å². The minimum Gasteiger partial charge on any atom is -0.444 e. The third-order valence-electron chi connectivity index (χ3n) is 2.94. The van der Waals surface area contributed by atoms with E-state index in [-0.39, 0.29) is 0 Å². The molecular formula is C15H23N9OS2. The molecule has 0 aromatic carbocycles. The average molecular weight is 410 g/mol. The number of guanidine groups is 2. The number of nitrogens with zero attached hydrogens (tertiary/aromatic N) is 5. The fraction of sp³-hybridized carbons (Fsp3) is 0.533. The van der Waals surface area contributed by atoms with E-state index in [2.05, 4.69) is 36.2 Å². The number of nitrogens with one attached hydrogen (secondary N) is 4. The quantitative estimate of drug-likeness (QED) is 0.141. The number of nitriles is 2. The highest BCUT2D eigenvalue weighted by atomic mass is 32.2. The summed E-state index contributed by atoms with van der Waals surface area (Å²) >= 11 is 3.39. The molecule has 0 amide bonds. The summed E-state index contributed by atoms with van der Waals surface area (Å²) < 4.78 is 5.71. The van der Waals surface area contributed by atoms with Gasteiger partial charge in [0, 0.05) is 38.7 Å². The van der Waals surface area contributed by atoms with Crippen LogP contribution in [0.15, 0.2) is 20.6 Å². The maximum absolute atomic E-state index is 8.54. The van der Waals surface area contributed by atoms with Crippen molar-refractivity contribution in [2.24, 2.45) is 9.98 Å². The van der Waals surface area contributed by atoms with Gasteiger partial charge in [0.2, 0.25) is 17.8 Å². The van der Waals surface area contributed by atoms with Crippen molar-refractivity contribution >= 4 is 35.4 Å². The Labute approximate surface area is 167 Å². The molecule has 0 atom stereocenters. The zero-order chi connectivity index (χ0) is 19.7. The first-order valence-corrected chi connectivity index (χ1v) is 10.3. The van der Waals surface area contributed by atoms with E-state index in [0.29, 0.717) is 36.7 Å². The Morgan fingerprint density at radius 2 is 1.59 bits per heavy atom. The molecule has 0 unspecified atom stereocenters. The Morgan fingerprint density at radius 3 is 2.11 bits per heavy atom. The van der Waals surface area contributed by atoms with Crippen LogP contribution in [0.2, 0.25) is 0 Å². The van der Waals surface area contributed by atoms with Crippen LogP contribution in [-0.2, 0) is 11.5 Å². The molecule has 4 N–H and O–H groups in total. The van der Waals surface area contributed by atoms with Crippen LogP contribution < -0.4 is 21.3 Å². The number of oxazole rings is 1. The van der Waals surface area contributed by atoms with Crippen molar-refractivity contribution in [2.45, 2.75) is 11.5 Å². The standard InChI is InChI=1S/C15H23N9OS2/c1-18-14(23-10-16)20-3-5-26-8-12-7-22-13(25-12)9-27-6-4-21-15(19-2)24-11-17/h7H,3-6,8-9H2,1-2H3,(H2,18,20,23)(H2,19,21,24). The highest BCUT2D eigenvalue weighted by molar-refractivity contribution is 7.98. The first-order chi connectivity index (χ1) is 13.2. The maximum Gasteiger partial charge on any atom is 0.204 e. The molecule has 12 heteroatoms. The third kappa shape index (κ3) is 10.2. The molecule has 0 aliphatic rings. The fourth-order valence-corrected chi connectivity index (χ4v) is 3.19. The molecule has 0 saturated heterocycles. The first kappa shape index (κ1) is 22.5. The Morgan fingerprint density at radius 1 is 1.04 bits per heavy atom. The lowest BCUT2D eigenvalue weighted by Gasteiger charge is -2.06. The van der Waals surface area contributed by atoms with Crippen molar-refractivity contribution < 1.29 is 4.42 Å². The van der Waals surface area contributed by atoms with Crippen LogP contribution in [-0.4, -0.2) is 55.6 Å². The van der Waals surface area contributed by atoms with Gasteiger partial charge in [0.15, 0.2) is 12.4 Å². The second-order valence-electron chi connectivity index (χ2n) is 4.80. The van der Waals surface area contributed by atoms with Crippen molar-refractivity contribution in [1.29, 1.82) is 10.5 Å². The molecule has 0 fully saturated rings. The first-order valence-electron chi connectivity index (χ1n) is 8.04. The van der Waals surface area contributed by atoms with Crippen LogP contribution in [0.4, 0.5) is 0 Å². The smallest absolute Gasteiger partial charge is 0.204 e. The molecule has 10 nitrogen and oxygen atoms in total. The number of aliphatic imine (C=N–C) groups is 2. The molecule has 0 bridgehead atoms. The highest BCUT2D eigenvalue weighted by Gasteiger charge is 2.05. The topological polar surface area (TPSA) is 146 Å². The lowest BCUT2D eigenvalue weighted by atomic mass is 10.6. The molecule has 0 saturated carbocycles. The van der Waals surface area contributed by atoms with E-state index in [1.165, 1.54) is 0 Å². The average Bonchev–Trinajstić information content (AvgIpc) is 3.13. The number of aromatic nitrogens is 1. The summed E-state index contributed by atoms with van der Waals surface area (Å²) in [6.07, 6.45) is 5.40.